The molecule has 0 aromatic rings. The Hall–Kier alpha value is -0.650. The van der Waals surface area contributed by atoms with Crippen molar-refractivity contribution < 1.29 is 76.9 Å². The van der Waals surface area contributed by atoms with E-state index in [-0.39, 0.29) is 12.8 Å². The van der Waals surface area contributed by atoms with Gasteiger partial charge in [0.05, 0.1) is 6.61 Å². The molecule has 8 atom stereocenters. The van der Waals surface area contributed by atoms with Crippen LogP contribution >= 0.6 is 28.3 Å². The van der Waals surface area contributed by atoms with Gasteiger partial charge in [-0.2, -0.15) is 12.6 Å². The molecule has 19 heteroatoms. The minimum Gasteiger partial charge on any atom is -0.462 e. The molecule has 1 aliphatic carbocycles. The van der Waals surface area contributed by atoms with Crippen LogP contribution in [-0.4, -0.2) is 109 Å². The van der Waals surface area contributed by atoms with Gasteiger partial charge in [-0.1, -0.05) is 135 Å². The molecule has 0 radical (unpaired) electrons. The molecule has 0 aromatic carbocycles. The summed E-state index contributed by atoms with van der Waals surface area (Å²) in [4.78, 5) is 54.0. The molecular weight excluding hydrogens is 806 g/mol. The van der Waals surface area contributed by atoms with Gasteiger partial charge >= 0.3 is 27.6 Å². The third kappa shape index (κ3) is 27.0. The fourth-order valence-corrected chi connectivity index (χ4v) is 8.42. The minimum atomic E-state index is -5.35. The summed E-state index contributed by atoms with van der Waals surface area (Å²) in [5.41, 5.74) is 0. The second-order valence-corrected chi connectivity index (χ2v) is 18.2. The number of aliphatic hydroxyl groups excluding tert-OH is 4. The van der Waals surface area contributed by atoms with Gasteiger partial charge in [-0.3, -0.25) is 23.2 Å². The number of hydrogen-bond acceptors (Lipinski definition) is 14. The van der Waals surface area contributed by atoms with Gasteiger partial charge in [0.15, 0.2) is 6.10 Å². The summed E-state index contributed by atoms with van der Waals surface area (Å²) in [5.74, 6) is -0.286. The molecule has 0 aromatic heterocycles. The number of thiol groups is 1. The Labute approximate surface area is 345 Å². The van der Waals surface area contributed by atoms with Crippen molar-refractivity contribution in [2.75, 3.05) is 19.0 Å². The molecule has 16 nitrogen and oxygen atoms in total. The van der Waals surface area contributed by atoms with E-state index in [4.69, 9.17) is 28.3 Å². The maximum atomic E-state index is 12.9. The van der Waals surface area contributed by atoms with Crippen molar-refractivity contribution in [1.82, 2.24) is 0 Å². The largest absolute Gasteiger partial charge is 0.472 e. The summed E-state index contributed by atoms with van der Waals surface area (Å²) < 4.78 is 49.2. The topological polar surface area (TPSA) is 256 Å². The van der Waals surface area contributed by atoms with Crippen LogP contribution < -0.4 is 0 Å². The summed E-state index contributed by atoms with van der Waals surface area (Å²) in [7, 11) is -10.6. The normalized spacial score (nSPS) is 22.9. The zero-order valence-electron chi connectivity index (χ0n) is 34.0. The standard InChI is InChI=1S/C38H74O16P2S/c1-2-3-4-5-6-7-8-9-10-14-17-20-23-26-32(40)52-30(28-50-31(39)25-22-19-16-13-11-12-15-18-21-24-27-57)29-51-56(48,49)54-38-35(43)33(41)34(42)37(36(38)44)53-55(45,46)47/h30,33-38,41-44,57H,2-29H2,1H3,(H,48,49)(H2,45,46,47)/t30-,33+,34?,35?,36-,37-,38?/m1/s1. The first-order valence-electron chi connectivity index (χ1n) is 21.2. The van der Waals surface area contributed by atoms with Gasteiger partial charge in [0.25, 0.3) is 0 Å². The van der Waals surface area contributed by atoms with Crippen molar-refractivity contribution in [2.45, 2.75) is 210 Å². The molecule has 1 rings (SSSR count). The number of rotatable bonds is 36. The second-order valence-electron chi connectivity index (χ2n) is 15.2. The monoisotopic (exact) mass is 880 g/mol. The quantitative estimate of drug-likeness (QED) is 0.0143. The average molecular weight is 881 g/mol. The first-order chi connectivity index (χ1) is 27.1. The molecule has 338 valence electrons. The van der Waals surface area contributed by atoms with E-state index in [1.165, 1.54) is 77.0 Å². The molecule has 0 saturated heterocycles. The summed E-state index contributed by atoms with van der Waals surface area (Å²) >= 11 is 4.23. The first kappa shape index (κ1) is 54.4. The van der Waals surface area contributed by atoms with E-state index >= 15 is 0 Å². The number of carbonyl (C=O) groups excluding carboxylic acids is 2. The van der Waals surface area contributed by atoms with E-state index in [0.717, 1.165) is 63.5 Å². The van der Waals surface area contributed by atoms with Crippen molar-refractivity contribution in [3.8, 4) is 0 Å². The number of phosphoric ester groups is 2. The second kappa shape index (κ2) is 32.1. The van der Waals surface area contributed by atoms with E-state index in [2.05, 4.69) is 24.1 Å². The molecule has 0 bridgehead atoms. The number of aliphatic hydroxyl groups is 4. The highest BCUT2D eigenvalue weighted by Crippen LogP contribution is 2.49. The molecule has 1 fully saturated rings. The Kier molecular flexibility index (Phi) is 30.6. The zero-order chi connectivity index (χ0) is 42.5. The maximum Gasteiger partial charge on any atom is 0.472 e. The van der Waals surface area contributed by atoms with Gasteiger partial charge < -0.3 is 44.6 Å². The first-order valence-corrected chi connectivity index (χ1v) is 24.9. The van der Waals surface area contributed by atoms with Crippen LogP contribution in [0.4, 0.5) is 0 Å². The fraction of sp³-hybridized carbons (Fsp3) is 0.947. The predicted molar refractivity (Wildman–Crippen MR) is 217 cm³/mol. The average Bonchev–Trinajstić information content (AvgIpc) is 3.16. The van der Waals surface area contributed by atoms with Gasteiger partial charge in [0.2, 0.25) is 0 Å². The molecule has 4 unspecified atom stereocenters. The SMILES string of the molecule is CCCCCCCCCCCCCCCC(=O)O[C@H](COC(=O)CCCCCCCCCCCCS)COP(=O)(O)OC1C(O)[C@@H](O)C(O)[C@@H](OP(=O)(O)O)[C@H]1O. The molecule has 1 aliphatic rings. The molecule has 0 heterocycles. The number of phosphoric acid groups is 2. The van der Waals surface area contributed by atoms with E-state index in [1.54, 1.807) is 0 Å². The zero-order valence-corrected chi connectivity index (χ0v) is 36.7. The summed E-state index contributed by atoms with van der Waals surface area (Å²) in [6.07, 6.45) is 10.6. The number of esters is 2. The third-order valence-electron chi connectivity index (χ3n) is 9.99. The lowest BCUT2D eigenvalue weighted by molar-refractivity contribution is -0.216. The van der Waals surface area contributed by atoms with Crippen LogP contribution in [0.2, 0.25) is 0 Å². The molecule has 7 N–H and O–H groups in total. The van der Waals surface area contributed by atoms with Crippen LogP contribution in [0.3, 0.4) is 0 Å². The molecule has 57 heavy (non-hydrogen) atoms. The van der Waals surface area contributed by atoms with Gasteiger partial charge in [-0.25, -0.2) is 9.13 Å². The highest BCUT2D eigenvalue weighted by molar-refractivity contribution is 7.80. The molecule has 0 amide bonds. The van der Waals surface area contributed by atoms with Crippen LogP contribution in [0.25, 0.3) is 0 Å². The highest BCUT2D eigenvalue weighted by atomic mass is 32.1. The van der Waals surface area contributed by atoms with Crippen LogP contribution in [0, 0.1) is 0 Å². The molecular formula is C38H74O16P2S. The van der Waals surface area contributed by atoms with Crippen LogP contribution in [0.15, 0.2) is 0 Å². The van der Waals surface area contributed by atoms with Crippen molar-refractivity contribution in [2.24, 2.45) is 0 Å². The lowest BCUT2D eigenvalue weighted by Crippen LogP contribution is -2.64. The third-order valence-corrected chi connectivity index (χ3v) is 11.8. The van der Waals surface area contributed by atoms with Crippen LogP contribution in [0.1, 0.15) is 167 Å². The van der Waals surface area contributed by atoms with E-state index in [1.807, 2.05) is 0 Å². The molecule has 1 saturated carbocycles. The van der Waals surface area contributed by atoms with Gasteiger partial charge in [0.1, 0.15) is 43.2 Å². The van der Waals surface area contributed by atoms with E-state index < -0.39 is 83.5 Å². The Balaban J connectivity index is 2.64. The van der Waals surface area contributed by atoms with E-state index in [0.29, 0.717) is 12.8 Å². The van der Waals surface area contributed by atoms with Crippen LogP contribution in [0.5, 0.6) is 0 Å². The summed E-state index contributed by atoms with van der Waals surface area (Å²) in [6, 6.07) is 0. The van der Waals surface area contributed by atoms with E-state index in [9.17, 15) is 44.0 Å². The van der Waals surface area contributed by atoms with Crippen molar-refractivity contribution in [1.29, 1.82) is 0 Å². The maximum absolute atomic E-state index is 12.9. The minimum absolute atomic E-state index is 0.0484. The number of carbonyl (C=O) groups is 2. The Bertz CT molecular complexity index is 1150. The predicted octanol–water partition coefficient (Wildman–Crippen LogP) is 6.58. The van der Waals surface area contributed by atoms with Gasteiger partial charge in [0, 0.05) is 12.8 Å². The highest BCUT2D eigenvalue weighted by Gasteiger charge is 2.54. The van der Waals surface area contributed by atoms with Crippen molar-refractivity contribution >= 4 is 40.2 Å². The molecule has 0 spiro atoms. The smallest absolute Gasteiger partial charge is 0.462 e. The van der Waals surface area contributed by atoms with Crippen molar-refractivity contribution in [3.05, 3.63) is 0 Å². The number of hydrogen-bond donors (Lipinski definition) is 8. The summed E-state index contributed by atoms with van der Waals surface area (Å²) in [6.45, 7) is 0.878. The Morgan fingerprint density at radius 1 is 0.544 bits per heavy atom. The fourth-order valence-electron chi connectivity index (χ4n) is 6.65. The Morgan fingerprint density at radius 2 is 0.947 bits per heavy atom. The summed E-state index contributed by atoms with van der Waals surface area (Å²) in [5, 5.41) is 41.1. The lowest BCUT2D eigenvalue weighted by Gasteiger charge is -2.43. The number of ether oxygens (including phenoxy) is 2. The Morgan fingerprint density at radius 3 is 1.39 bits per heavy atom. The number of unbranched alkanes of at least 4 members (excludes halogenated alkanes) is 21. The lowest BCUT2D eigenvalue weighted by atomic mass is 9.85. The van der Waals surface area contributed by atoms with Crippen LogP contribution in [-0.2, 0) is 41.8 Å². The van der Waals surface area contributed by atoms with Gasteiger partial charge in [-0.05, 0) is 25.0 Å². The van der Waals surface area contributed by atoms with Gasteiger partial charge in [-0.15, -0.1) is 0 Å². The molecule has 0 aliphatic heterocycles. The van der Waals surface area contributed by atoms with Crippen molar-refractivity contribution in [3.63, 3.8) is 0 Å².